The minimum Gasteiger partial charge on any atom is -0.478 e. The summed E-state index contributed by atoms with van der Waals surface area (Å²) >= 11 is 0. The van der Waals surface area contributed by atoms with Crippen molar-refractivity contribution in [3.8, 4) is 0 Å². The van der Waals surface area contributed by atoms with E-state index in [-0.39, 0.29) is 25.7 Å². The Balaban J connectivity index is -0.000000230. The predicted octanol–water partition coefficient (Wildman–Crippen LogP) is -0.282. The zero-order valence-corrected chi connectivity index (χ0v) is 11.7. The Kier molecular flexibility index (Phi) is 23.1. The van der Waals surface area contributed by atoms with Gasteiger partial charge >= 0.3 is 12.1 Å². The summed E-state index contributed by atoms with van der Waals surface area (Å²) in [5.41, 5.74) is 4.54. The summed E-state index contributed by atoms with van der Waals surface area (Å²) in [7, 11) is 0. The lowest BCUT2D eigenvalue weighted by atomic mass is 10.1. The number of aliphatic carboxylic acids is 1. The van der Waals surface area contributed by atoms with Crippen molar-refractivity contribution in [2.24, 2.45) is 11.7 Å². The molecule has 0 aromatic rings. The number of aliphatic hydroxyl groups excluding tert-OH is 3. The van der Waals surface area contributed by atoms with Crippen LogP contribution in [0.2, 0.25) is 0 Å². The van der Waals surface area contributed by atoms with Gasteiger partial charge in [0.2, 0.25) is 0 Å². The third-order valence-electron chi connectivity index (χ3n) is 1.75. The Morgan fingerprint density at radius 3 is 1.90 bits per heavy atom. The lowest BCUT2D eigenvalue weighted by Crippen LogP contribution is -2.11. The van der Waals surface area contributed by atoms with Crippen LogP contribution in [0, 0.1) is 5.92 Å². The van der Waals surface area contributed by atoms with Gasteiger partial charge in [-0.15, -0.1) is 0 Å². The van der Waals surface area contributed by atoms with Crippen molar-refractivity contribution >= 4 is 12.1 Å². The van der Waals surface area contributed by atoms with Gasteiger partial charge in [0.25, 0.3) is 0 Å². The molecule has 6 N–H and O–H groups in total. The molecule has 8 nitrogen and oxygen atoms in total. The second kappa shape index (κ2) is 19.7. The Morgan fingerprint density at radius 2 is 1.75 bits per heavy atom. The average Bonchev–Trinajstić information content (AvgIpc) is 2.41. The van der Waals surface area contributed by atoms with Gasteiger partial charge in [-0.2, -0.15) is 0 Å². The Bertz CT molecular complexity index is 242. The molecule has 0 saturated heterocycles. The largest absolute Gasteiger partial charge is 0.478 e. The van der Waals surface area contributed by atoms with E-state index in [1.807, 2.05) is 0 Å². The summed E-state index contributed by atoms with van der Waals surface area (Å²) < 4.78 is 4.18. The first-order chi connectivity index (χ1) is 9.39. The number of amides is 1. The lowest BCUT2D eigenvalue weighted by Gasteiger charge is -2.07. The molecule has 0 heterocycles. The molecular weight excluding hydrogens is 270 g/mol. The molecule has 0 rings (SSSR count). The second-order valence-corrected chi connectivity index (χ2v) is 3.39. The quantitative estimate of drug-likeness (QED) is 0.405. The normalized spacial score (nSPS) is 8.65. The van der Waals surface area contributed by atoms with E-state index < -0.39 is 12.1 Å². The fourth-order valence-corrected chi connectivity index (χ4v) is 0.763. The zero-order valence-electron chi connectivity index (χ0n) is 11.7. The summed E-state index contributed by atoms with van der Waals surface area (Å²) in [5, 5.41) is 33.0. The topological polar surface area (TPSA) is 150 Å². The first-order valence-corrected chi connectivity index (χ1v) is 5.99. The average molecular weight is 295 g/mol. The van der Waals surface area contributed by atoms with E-state index in [0.29, 0.717) is 19.4 Å². The highest BCUT2D eigenvalue weighted by Crippen LogP contribution is 2.02. The van der Waals surface area contributed by atoms with Crippen LogP contribution < -0.4 is 5.73 Å². The van der Waals surface area contributed by atoms with Crippen molar-refractivity contribution in [1.82, 2.24) is 0 Å². The number of carbonyl (C=O) groups excluding carboxylic acids is 1. The van der Waals surface area contributed by atoms with E-state index in [2.05, 4.69) is 17.0 Å². The Morgan fingerprint density at radius 1 is 1.30 bits per heavy atom. The number of hydrogen-bond acceptors (Lipinski definition) is 6. The molecule has 0 aromatic carbocycles. The monoisotopic (exact) mass is 295 g/mol. The number of ether oxygens (including phenoxy) is 1. The van der Waals surface area contributed by atoms with Gasteiger partial charge in [0.1, 0.15) is 0 Å². The van der Waals surface area contributed by atoms with Crippen LogP contribution in [0.25, 0.3) is 0 Å². The van der Waals surface area contributed by atoms with Gasteiger partial charge in [-0.05, 0) is 19.8 Å². The molecule has 0 spiro atoms. The van der Waals surface area contributed by atoms with E-state index in [4.69, 9.17) is 20.4 Å². The van der Waals surface area contributed by atoms with Crippen molar-refractivity contribution in [2.45, 2.75) is 19.8 Å². The highest BCUT2D eigenvalue weighted by molar-refractivity contribution is 5.78. The van der Waals surface area contributed by atoms with Crippen LogP contribution in [0.1, 0.15) is 19.8 Å². The fraction of sp³-hybridized carbons (Fsp3) is 0.667. The summed E-state index contributed by atoms with van der Waals surface area (Å²) in [6, 6.07) is 0. The molecule has 0 fully saturated rings. The van der Waals surface area contributed by atoms with Crippen LogP contribution in [0.5, 0.6) is 0 Å². The van der Waals surface area contributed by atoms with Gasteiger partial charge in [-0.25, -0.2) is 9.59 Å². The number of nitrogens with two attached hydrogens (primary N) is 1. The highest BCUT2D eigenvalue weighted by Gasteiger charge is 2.03. The first-order valence-electron chi connectivity index (χ1n) is 5.99. The molecule has 0 aliphatic rings. The maximum absolute atomic E-state index is 9.60. The predicted molar refractivity (Wildman–Crippen MR) is 73.0 cm³/mol. The molecule has 0 aliphatic heterocycles. The number of hydrogen-bond donors (Lipinski definition) is 5. The molecule has 120 valence electrons. The van der Waals surface area contributed by atoms with Gasteiger partial charge in [0.15, 0.2) is 0 Å². The third kappa shape index (κ3) is 29.9. The molecule has 0 radical (unpaired) electrons. The maximum atomic E-state index is 9.60. The number of carboxylic acids is 1. The Hall–Kier alpha value is -1.64. The Labute approximate surface area is 118 Å². The standard InChI is InChI=1S/C6H14O3.C3H7NO2.C3H4O2/c7-3-1-2-6(4-8)5-9;1-2-6-3(4)5;1-2-3(4)5/h6-9H,1-5H2;2H2,1H3,(H2,4,5);2H,1H2,(H,4,5). The number of primary amides is 1. The van der Waals surface area contributed by atoms with E-state index >= 15 is 0 Å². The summed E-state index contributed by atoms with van der Waals surface area (Å²) in [6.07, 6.45) is 1.48. The van der Waals surface area contributed by atoms with Crippen LogP contribution in [0.3, 0.4) is 0 Å². The molecule has 1 amide bonds. The van der Waals surface area contributed by atoms with Gasteiger partial charge < -0.3 is 30.9 Å². The van der Waals surface area contributed by atoms with Crippen LogP contribution in [-0.4, -0.2) is 58.9 Å². The van der Waals surface area contributed by atoms with E-state index in [9.17, 15) is 9.59 Å². The first kappa shape index (κ1) is 23.5. The summed E-state index contributed by atoms with van der Waals surface area (Å²) in [5.74, 6) is -1.03. The minimum atomic E-state index is -0.981. The van der Waals surface area contributed by atoms with Crippen molar-refractivity contribution in [3.05, 3.63) is 12.7 Å². The number of rotatable bonds is 7. The van der Waals surface area contributed by atoms with Gasteiger partial charge in [-0.3, -0.25) is 0 Å². The molecule has 0 atom stereocenters. The summed E-state index contributed by atoms with van der Waals surface area (Å²) in [4.78, 5) is 18.8. The number of carbonyl (C=O) groups is 2. The second-order valence-electron chi connectivity index (χ2n) is 3.39. The molecule has 20 heavy (non-hydrogen) atoms. The fourth-order valence-electron chi connectivity index (χ4n) is 0.763. The van der Waals surface area contributed by atoms with E-state index in [0.717, 1.165) is 6.08 Å². The number of carboxylic acid groups (broad SMARTS) is 1. The SMILES string of the molecule is C=CC(=O)O.CCOC(N)=O.OCCCC(CO)CO. The highest BCUT2D eigenvalue weighted by atomic mass is 16.5. The molecule has 0 bridgehead atoms. The van der Waals surface area contributed by atoms with Crippen LogP contribution in [0.4, 0.5) is 4.79 Å². The van der Waals surface area contributed by atoms with Gasteiger partial charge in [0.05, 0.1) is 6.61 Å². The zero-order chi connectivity index (χ0) is 16.4. The van der Waals surface area contributed by atoms with E-state index in [1.54, 1.807) is 6.92 Å². The maximum Gasteiger partial charge on any atom is 0.404 e. The minimum absolute atomic E-state index is 0.0104. The van der Waals surface area contributed by atoms with Gasteiger partial charge in [0, 0.05) is 31.8 Å². The molecule has 0 unspecified atom stereocenters. The van der Waals surface area contributed by atoms with Crippen molar-refractivity contribution in [1.29, 1.82) is 0 Å². The molecule has 0 aliphatic carbocycles. The molecule has 0 aromatic heterocycles. The smallest absolute Gasteiger partial charge is 0.404 e. The summed E-state index contributed by atoms with van der Waals surface area (Å²) in [6.45, 7) is 5.17. The molecule has 8 heteroatoms. The van der Waals surface area contributed by atoms with Crippen LogP contribution in [0.15, 0.2) is 12.7 Å². The van der Waals surface area contributed by atoms with Crippen molar-refractivity contribution in [3.63, 3.8) is 0 Å². The van der Waals surface area contributed by atoms with Crippen LogP contribution in [-0.2, 0) is 9.53 Å². The third-order valence-corrected chi connectivity index (χ3v) is 1.75. The van der Waals surface area contributed by atoms with Gasteiger partial charge in [-0.1, -0.05) is 6.58 Å². The number of aliphatic hydroxyl groups is 3. The van der Waals surface area contributed by atoms with Crippen molar-refractivity contribution < 1.29 is 34.8 Å². The lowest BCUT2D eigenvalue weighted by molar-refractivity contribution is -0.131. The molecule has 0 saturated carbocycles. The van der Waals surface area contributed by atoms with Crippen LogP contribution >= 0.6 is 0 Å². The van der Waals surface area contributed by atoms with Crippen molar-refractivity contribution in [2.75, 3.05) is 26.4 Å². The van der Waals surface area contributed by atoms with E-state index in [1.165, 1.54) is 0 Å². The molecular formula is C12H25NO7.